The summed E-state index contributed by atoms with van der Waals surface area (Å²) in [6, 6.07) is 32.8. The van der Waals surface area contributed by atoms with Gasteiger partial charge in [0.05, 0.1) is 36.9 Å². The summed E-state index contributed by atoms with van der Waals surface area (Å²) >= 11 is 0. The first kappa shape index (κ1) is 43.1. The molecule has 12 heteroatoms. The molecule has 4 aromatic carbocycles. The second-order valence-electron chi connectivity index (χ2n) is 17.3. The molecule has 12 nitrogen and oxygen atoms in total. The van der Waals surface area contributed by atoms with Gasteiger partial charge in [0.2, 0.25) is 11.5 Å². The molecule has 2 aliphatic carbocycles. The Hall–Kier alpha value is -5.53. The summed E-state index contributed by atoms with van der Waals surface area (Å²) in [5.41, 5.74) is 5.90. The van der Waals surface area contributed by atoms with Crippen molar-refractivity contribution in [3.8, 4) is 16.9 Å². The Balaban J connectivity index is 0.692. The number of aromatic amines is 1. The maximum Gasteiger partial charge on any atom is 0.411 e. The van der Waals surface area contributed by atoms with Gasteiger partial charge >= 0.3 is 6.09 Å². The van der Waals surface area contributed by atoms with Gasteiger partial charge in [0, 0.05) is 62.8 Å². The molecule has 1 aliphatic heterocycles. The van der Waals surface area contributed by atoms with Crippen LogP contribution in [-0.2, 0) is 27.1 Å². The number of nitrogens with zero attached hydrogens (tertiary/aromatic N) is 2. The normalized spacial score (nSPS) is 19.0. The quantitative estimate of drug-likeness (QED) is 0.0526. The van der Waals surface area contributed by atoms with E-state index < -0.39 is 6.10 Å². The van der Waals surface area contributed by atoms with Crippen LogP contribution in [0, 0.1) is 17.8 Å². The van der Waals surface area contributed by atoms with Crippen LogP contribution in [0.25, 0.3) is 22.0 Å². The Morgan fingerprint density at radius 1 is 0.855 bits per heavy atom. The Labute approximate surface area is 363 Å². The maximum absolute atomic E-state index is 13.2. The molecule has 2 heterocycles. The molecular formula is C50H59N5O7. The fraction of sp³-hybridized carbons (Fsp3) is 0.420. The van der Waals surface area contributed by atoms with Crippen LogP contribution in [0.1, 0.15) is 54.9 Å². The van der Waals surface area contributed by atoms with Crippen molar-refractivity contribution in [1.29, 1.82) is 0 Å². The second kappa shape index (κ2) is 20.6. The number of phenols is 1. The third-order valence-corrected chi connectivity index (χ3v) is 12.7. The van der Waals surface area contributed by atoms with Gasteiger partial charge in [-0.2, -0.15) is 0 Å². The van der Waals surface area contributed by atoms with E-state index in [1.807, 2.05) is 59.5 Å². The van der Waals surface area contributed by atoms with Crippen LogP contribution in [0.3, 0.4) is 0 Å². The number of pyridine rings is 1. The van der Waals surface area contributed by atoms with Crippen molar-refractivity contribution in [2.24, 2.45) is 17.8 Å². The van der Waals surface area contributed by atoms with E-state index >= 15 is 0 Å². The molecule has 2 unspecified atom stereocenters. The average molecular weight is 842 g/mol. The zero-order valence-corrected chi connectivity index (χ0v) is 35.3. The number of H-pyrrole nitrogens is 1. The number of benzene rings is 4. The zero-order chi connectivity index (χ0) is 42.8. The third kappa shape index (κ3) is 11.5. The summed E-state index contributed by atoms with van der Waals surface area (Å²) in [6.45, 7) is 6.12. The minimum atomic E-state index is -0.855. The van der Waals surface area contributed by atoms with Gasteiger partial charge in [0.15, 0.2) is 0 Å². The minimum absolute atomic E-state index is 0.0454. The molecule has 5 N–H and O–H groups in total. The molecule has 3 aliphatic rings. The number of para-hydroxylation sites is 1. The number of aromatic nitrogens is 1. The average Bonchev–Trinajstić information content (AvgIpc) is 3.92. The highest BCUT2D eigenvalue weighted by Gasteiger charge is 2.42. The fourth-order valence-corrected chi connectivity index (χ4v) is 9.18. The molecule has 8 rings (SSSR count). The van der Waals surface area contributed by atoms with E-state index in [9.17, 15) is 24.6 Å². The number of carbonyl (C=O) groups is 2. The van der Waals surface area contributed by atoms with E-state index in [4.69, 9.17) is 9.47 Å². The number of amides is 2. The van der Waals surface area contributed by atoms with E-state index in [1.165, 1.54) is 23.3 Å². The number of fused-ring (bicyclic) bond motifs is 2. The van der Waals surface area contributed by atoms with Crippen LogP contribution in [0.4, 0.5) is 10.5 Å². The highest BCUT2D eigenvalue weighted by molar-refractivity contribution is 5.91. The summed E-state index contributed by atoms with van der Waals surface area (Å²) in [4.78, 5) is 45.0. The molecule has 2 amide bonds. The van der Waals surface area contributed by atoms with Gasteiger partial charge in [-0.25, -0.2) is 4.79 Å². The number of anilines is 1. The predicted octanol–water partition coefficient (Wildman–Crippen LogP) is 6.91. The largest absolute Gasteiger partial charge is 0.506 e. The van der Waals surface area contributed by atoms with Crippen LogP contribution < -0.4 is 16.2 Å². The maximum atomic E-state index is 13.2. The van der Waals surface area contributed by atoms with Crippen molar-refractivity contribution in [1.82, 2.24) is 20.1 Å². The Morgan fingerprint density at radius 3 is 2.34 bits per heavy atom. The Morgan fingerprint density at radius 2 is 1.58 bits per heavy atom. The molecular weight excluding hydrogens is 783 g/mol. The van der Waals surface area contributed by atoms with Gasteiger partial charge in [-0.1, -0.05) is 78.9 Å². The van der Waals surface area contributed by atoms with Crippen LogP contribution in [-0.4, -0.2) is 102 Å². The minimum Gasteiger partial charge on any atom is -0.506 e. The molecule has 0 radical (unpaired) electrons. The van der Waals surface area contributed by atoms with Crippen molar-refractivity contribution >= 4 is 28.6 Å². The molecule has 0 spiro atoms. The highest BCUT2D eigenvalue weighted by atomic mass is 16.6. The number of hydrogen-bond donors (Lipinski definition) is 5. The molecule has 62 heavy (non-hydrogen) atoms. The van der Waals surface area contributed by atoms with Crippen molar-refractivity contribution in [3.05, 3.63) is 130 Å². The molecule has 326 valence electrons. The van der Waals surface area contributed by atoms with Gasteiger partial charge in [-0.05, 0) is 96.7 Å². The summed E-state index contributed by atoms with van der Waals surface area (Å²) in [5.74, 6) is 1.70. The third-order valence-electron chi connectivity index (χ3n) is 12.7. The molecule has 3 fully saturated rings. The van der Waals surface area contributed by atoms with Crippen molar-refractivity contribution in [2.75, 3.05) is 64.3 Å². The number of aliphatic hydroxyl groups is 1. The lowest BCUT2D eigenvalue weighted by molar-refractivity contribution is -0.132. The second-order valence-corrected chi connectivity index (χ2v) is 17.3. The first-order valence-electron chi connectivity index (χ1n) is 22.3. The fourth-order valence-electron chi connectivity index (χ4n) is 9.18. The number of hydrogen-bond acceptors (Lipinski definition) is 9. The first-order valence-corrected chi connectivity index (χ1v) is 22.3. The van der Waals surface area contributed by atoms with Crippen LogP contribution in [0.2, 0.25) is 0 Å². The molecule has 3 atom stereocenters. The predicted molar refractivity (Wildman–Crippen MR) is 241 cm³/mol. The van der Waals surface area contributed by atoms with Crippen molar-refractivity contribution in [2.45, 2.75) is 57.2 Å². The van der Waals surface area contributed by atoms with Gasteiger partial charge in [0.1, 0.15) is 11.9 Å². The van der Waals surface area contributed by atoms with Crippen molar-refractivity contribution in [3.63, 3.8) is 0 Å². The van der Waals surface area contributed by atoms with Gasteiger partial charge in [-0.15, -0.1) is 0 Å². The van der Waals surface area contributed by atoms with E-state index in [1.54, 1.807) is 12.1 Å². The van der Waals surface area contributed by atoms with E-state index in [2.05, 4.69) is 44.8 Å². The number of likely N-dealkylation sites (tertiary alicyclic amines) is 1. The highest BCUT2D eigenvalue weighted by Crippen LogP contribution is 2.40. The van der Waals surface area contributed by atoms with E-state index in [-0.39, 0.29) is 36.0 Å². The smallest absolute Gasteiger partial charge is 0.411 e. The van der Waals surface area contributed by atoms with E-state index in [0.29, 0.717) is 66.9 Å². The number of carbonyl (C=O) groups excluding carboxylic acids is 2. The zero-order valence-electron chi connectivity index (χ0n) is 35.3. The summed E-state index contributed by atoms with van der Waals surface area (Å²) in [7, 11) is 0. The lowest BCUT2D eigenvalue weighted by Gasteiger charge is -2.23. The lowest BCUT2D eigenvalue weighted by Crippen LogP contribution is -2.39. The summed E-state index contributed by atoms with van der Waals surface area (Å²) < 4.78 is 11.8. The standard InChI is InChI=1S/C50H59N5O7/c56-45-18-16-42(43-17-19-47(58)53-49(43)45)46(57)30-51-23-25-55(31-36-14-15-36)48(59)22-27-61-26-21-35-12-10-34(11-13-35)20-24-54-32-38-28-40(29-39(38)33-54)62-50(60)52-44-9-5-4-8-41(44)37-6-2-1-3-7-37/h1-13,16-19,36,38-40,46,51,56-57H,14-15,20-33H2,(H,52,60)(H,53,58)/t38?,39?,40?,46-/m0/s1. The van der Waals surface area contributed by atoms with Gasteiger partial charge < -0.3 is 39.8 Å². The SMILES string of the molecule is O=C(Nc1ccccc1-c1ccccc1)OC1CC2CN(CCc3ccc(CCOCCC(=O)N(CCNC[C@H](O)c4ccc(O)c5[nH]c(=O)ccc45)CC4CC4)cc3)CC2C1. The van der Waals surface area contributed by atoms with Crippen LogP contribution in [0.5, 0.6) is 5.75 Å². The topological polar surface area (TPSA) is 156 Å². The van der Waals surface area contributed by atoms with Crippen LogP contribution in [0.15, 0.2) is 108 Å². The van der Waals surface area contributed by atoms with Crippen LogP contribution >= 0.6 is 0 Å². The number of ether oxygens (including phenoxy) is 2. The molecule has 1 saturated heterocycles. The number of rotatable bonds is 20. The Kier molecular flexibility index (Phi) is 14.3. The van der Waals surface area contributed by atoms with Crippen molar-refractivity contribution < 1.29 is 29.3 Å². The number of phenolic OH excluding ortho intramolecular Hbond substituents is 1. The first-order chi connectivity index (χ1) is 30.3. The monoisotopic (exact) mass is 841 g/mol. The Bertz CT molecular complexity index is 2320. The lowest BCUT2D eigenvalue weighted by atomic mass is 10.0. The van der Waals surface area contributed by atoms with E-state index in [0.717, 1.165) is 81.5 Å². The van der Waals surface area contributed by atoms with Gasteiger partial charge in [0.25, 0.3) is 0 Å². The number of aliphatic hydroxyl groups excluding tert-OH is 1. The summed E-state index contributed by atoms with van der Waals surface area (Å²) in [6.07, 6.45) is 4.94. The molecule has 0 bridgehead atoms. The number of nitrogens with one attached hydrogen (secondary N) is 3. The van der Waals surface area contributed by atoms with Gasteiger partial charge in [-0.3, -0.25) is 14.9 Å². The number of aromatic hydroxyl groups is 1. The summed E-state index contributed by atoms with van der Waals surface area (Å²) in [5, 5.41) is 27.9. The molecule has 1 aromatic heterocycles. The molecule has 5 aromatic rings. The molecule has 2 saturated carbocycles.